The Morgan fingerprint density at radius 2 is 2.00 bits per heavy atom. The van der Waals surface area contributed by atoms with Gasteiger partial charge in [-0.05, 0) is 32.9 Å². The number of carboxylic acid groups (broad SMARTS) is 1. The first-order valence-corrected chi connectivity index (χ1v) is 7.88. The van der Waals surface area contributed by atoms with Gasteiger partial charge in [0.25, 0.3) is 0 Å². The molecule has 2 N–H and O–H groups in total. The van der Waals surface area contributed by atoms with Crippen LogP contribution in [0.2, 0.25) is 0 Å². The van der Waals surface area contributed by atoms with E-state index < -0.39 is 11.5 Å². The largest absolute Gasteiger partial charge is 0.481 e. The van der Waals surface area contributed by atoms with E-state index in [0.717, 1.165) is 12.2 Å². The molecule has 0 spiro atoms. The molecule has 0 saturated heterocycles. The highest BCUT2D eigenvalue weighted by Crippen LogP contribution is 2.14. The van der Waals surface area contributed by atoms with Crippen LogP contribution in [0.5, 0.6) is 0 Å². The van der Waals surface area contributed by atoms with Gasteiger partial charge in [0.15, 0.2) is 0 Å². The first-order valence-electron chi connectivity index (χ1n) is 6.49. The second kappa shape index (κ2) is 8.30. The van der Waals surface area contributed by atoms with E-state index in [1.54, 1.807) is 23.7 Å². The molecule has 19 heavy (non-hydrogen) atoms. The summed E-state index contributed by atoms with van der Waals surface area (Å²) in [7, 11) is 1.78. The number of carbonyl (C=O) groups is 2. The average Bonchev–Trinajstić information content (AvgIpc) is 2.32. The number of thioether (sulfide) groups is 1. The fourth-order valence-corrected chi connectivity index (χ4v) is 2.57. The third-order valence-electron chi connectivity index (χ3n) is 3.11. The molecular weight excluding hydrogens is 264 g/mol. The topological polar surface area (TPSA) is 69.6 Å². The zero-order chi connectivity index (χ0) is 15.1. The van der Waals surface area contributed by atoms with Crippen LogP contribution in [0.4, 0.5) is 4.79 Å². The molecule has 0 aromatic carbocycles. The smallest absolute Gasteiger partial charge is 0.317 e. The van der Waals surface area contributed by atoms with Crippen LogP contribution < -0.4 is 5.32 Å². The highest BCUT2D eigenvalue weighted by atomic mass is 32.2. The second-order valence-electron chi connectivity index (χ2n) is 5.34. The zero-order valence-corrected chi connectivity index (χ0v) is 13.3. The maximum absolute atomic E-state index is 12.1. The first-order chi connectivity index (χ1) is 8.73. The summed E-state index contributed by atoms with van der Waals surface area (Å²) in [4.78, 5) is 24.4. The van der Waals surface area contributed by atoms with Gasteiger partial charge in [0.1, 0.15) is 0 Å². The molecule has 0 saturated carbocycles. The van der Waals surface area contributed by atoms with Crippen molar-refractivity contribution in [1.82, 2.24) is 10.2 Å². The molecule has 0 fully saturated rings. The molecule has 0 aliphatic carbocycles. The fourth-order valence-electron chi connectivity index (χ4n) is 1.72. The normalized spacial score (nSPS) is 12.9. The highest BCUT2D eigenvalue weighted by Gasteiger charge is 2.25. The molecule has 5 nitrogen and oxygen atoms in total. The number of nitrogens with one attached hydrogen (secondary N) is 1. The van der Waals surface area contributed by atoms with E-state index in [2.05, 4.69) is 12.2 Å². The summed E-state index contributed by atoms with van der Waals surface area (Å²) in [5.41, 5.74) is -0.513. The maximum Gasteiger partial charge on any atom is 0.317 e. The predicted octanol–water partition coefficient (Wildman–Crippen LogP) is 2.41. The lowest BCUT2D eigenvalue weighted by Crippen LogP contribution is -2.52. The summed E-state index contributed by atoms with van der Waals surface area (Å²) >= 11 is 1.71. The van der Waals surface area contributed by atoms with Crippen molar-refractivity contribution in [2.24, 2.45) is 0 Å². The first kappa shape index (κ1) is 18.1. The summed E-state index contributed by atoms with van der Waals surface area (Å²) < 4.78 is 0. The van der Waals surface area contributed by atoms with Crippen LogP contribution in [0.15, 0.2) is 0 Å². The molecule has 2 amide bonds. The molecule has 1 unspecified atom stereocenters. The Morgan fingerprint density at radius 1 is 1.42 bits per heavy atom. The summed E-state index contributed by atoms with van der Waals surface area (Å²) in [6.07, 6.45) is 3.39. The van der Waals surface area contributed by atoms with Crippen molar-refractivity contribution in [2.75, 3.05) is 19.1 Å². The van der Waals surface area contributed by atoms with E-state index >= 15 is 0 Å². The number of hydrogen-bond donors (Lipinski definition) is 2. The van der Waals surface area contributed by atoms with Crippen LogP contribution in [0.1, 0.15) is 40.0 Å². The third kappa shape index (κ3) is 7.30. The summed E-state index contributed by atoms with van der Waals surface area (Å²) in [6, 6.07) is 0.0570. The molecular formula is C13H26N2O3S. The standard InChI is InChI=1S/C13H26N2O3S/c1-6-10(9-19-5)15(4)12(18)14-13(2,3)8-7-11(16)17/h10H,6-9H2,1-5H3,(H,14,18)(H,16,17). The number of aliphatic carboxylic acids is 1. The Bertz CT molecular complexity index is 308. The minimum Gasteiger partial charge on any atom is -0.481 e. The zero-order valence-electron chi connectivity index (χ0n) is 12.5. The van der Waals surface area contributed by atoms with Gasteiger partial charge < -0.3 is 15.3 Å². The number of carboxylic acids is 1. The second-order valence-corrected chi connectivity index (χ2v) is 6.25. The van der Waals surface area contributed by atoms with Crippen molar-refractivity contribution in [1.29, 1.82) is 0 Å². The number of rotatable bonds is 8. The molecule has 112 valence electrons. The lowest BCUT2D eigenvalue weighted by Gasteiger charge is -2.32. The Labute approximate surface area is 120 Å². The van der Waals surface area contributed by atoms with Gasteiger partial charge in [-0.25, -0.2) is 4.79 Å². The molecule has 0 aromatic rings. The van der Waals surface area contributed by atoms with Crippen molar-refractivity contribution in [2.45, 2.75) is 51.6 Å². The van der Waals surface area contributed by atoms with Gasteiger partial charge in [0.2, 0.25) is 0 Å². The predicted molar refractivity (Wildman–Crippen MR) is 79.7 cm³/mol. The number of urea groups is 1. The maximum atomic E-state index is 12.1. The third-order valence-corrected chi connectivity index (χ3v) is 3.83. The number of amides is 2. The van der Waals surface area contributed by atoms with Crippen LogP contribution in [0.3, 0.4) is 0 Å². The van der Waals surface area contributed by atoms with E-state index in [-0.39, 0.29) is 18.5 Å². The quantitative estimate of drug-likeness (QED) is 0.720. The number of carbonyl (C=O) groups excluding carboxylic acids is 1. The van der Waals surface area contributed by atoms with Crippen molar-refractivity contribution < 1.29 is 14.7 Å². The van der Waals surface area contributed by atoms with E-state index in [9.17, 15) is 9.59 Å². The molecule has 0 heterocycles. The van der Waals surface area contributed by atoms with Crippen molar-refractivity contribution in [3.05, 3.63) is 0 Å². The van der Waals surface area contributed by atoms with Crippen molar-refractivity contribution >= 4 is 23.8 Å². The van der Waals surface area contributed by atoms with Crippen molar-refractivity contribution in [3.8, 4) is 0 Å². The Hall–Kier alpha value is -0.910. The molecule has 6 heteroatoms. The molecule has 0 aliphatic rings. The van der Waals surface area contributed by atoms with Crippen LogP contribution in [0, 0.1) is 0 Å². The minimum atomic E-state index is -0.843. The molecule has 0 aliphatic heterocycles. The Balaban J connectivity index is 4.44. The van der Waals surface area contributed by atoms with Gasteiger partial charge in [0.05, 0.1) is 0 Å². The molecule has 0 bridgehead atoms. The lowest BCUT2D eigenvalue weighted by molar-refractivity contribution is -0.137. The minimum absolute atomic E-state index is 0.0546. The summed E-state index contributed by atoms with van der Waals surface area (Å²) in [6.45, 7) is 5.74. The van der Waals surface area contributed by atoms with E-state index in [0.29, 0.717) is 6.42 Å². The number of hydrogen-bond acceptors (Lipinski definition) is 3. The Kier molecular flexibility index (Phi) is 7.90. The van der Waals surface area contributed by atoms with E-state index in [4.69, 9.17) is 5.11 Å². The average molecular weight is 290 g/mol. The van der Waals surface area contributed by atoms with E-state index in [1.807, 2.05) is 20.1 Å². The van der Waals surface area contributed by atoms with Gasteiger partial charge in [-0.15, -0.1) is 0 Å². The summed E-state index contributed by atoms with van der Waals surface area (Å²) in [5, 5.41) is 11.6. The number of nitrogens with zero attached hydrogens (tertiary/aromatic N) is 1. The van der Waals surface area contributed by atoms with Gasteiger partial charge in [0, 0.05) is 30.8 Å². The van der Waals surface area contributed by atoms with Gasteiger partial charge >= 0.3 is 12.0 Å². The Morgan fingerprint density at radius 3 is 2.42 bits per heavy atom. The van der Waals surface area contributed by atoms with Crippen molar-refractivity contribution in [3.63, 3.8) is 0 Å². The van der Waals surface area contributed by atoms with Crippen LogP contribution >= 0.6 is 11.8 Å². The highest BCUT2D eigenvalue weighted by molar-refractivity contribution is 7.98. The van der Waals surface area contributed by atoms with Gasteiger partial charge in [-0.3, -0.25) is 4.79 Å². The SMILES string of the molecule is CCC(CSC)N(C)C(=O)NC(C)(C)CCC(=O)O. The monoisotopic (exact) mass is 290 g/mol. The van der Waals surface area contributed by atoms with Crippen LogP contribution in [-0.4, -0.2) is 52.6 Å². The molecule has 0 radical (unpaired) electrons. The summed E-state index contributed by atoms with van der Waals surface area (Å²) in [5.74, 6) is 0.0557. The molecule has 0 rings (SSSR count). The van der Waals surface area contributed by atoms with Gasteiger partial charge in [-0.2, -0.15) is 11.8 Å². The fraction of sp³-hybridized carbons (Fsp3) is 0.846. The molecule has 1 atom stereocenters. The lowest BCUT2D eigenvalue weighted by atomic mass is 9.98. The molecule has 0 aromatic heterocycles. The van der Waals surface area contributed by atoms with Crippen LogP contribution in [0.25, 0.3) is 0 Å². The van der Waals surface area contributed by atoms with E-state index in [1.165, 1.54) is 0 Å². The van der Waals surface area contributed by atoms with Crippen LogP contribution in [-0.2, 0) is 4.79 Å². The van der Waals surface area contributed by atoms with Gasteiger partial charge in [-0.1, -0.05) is 6.92 Å².